The van der Waals surface area contributed by atoms with Crippen LogP contribution in [0.4, 0.5) is 0 Å². The second kappa shape index (κ2) is 11.0. The molecule has 1 amide bonds. The Morgan fingerprint density at radius 2 is 1.79 bits per heavy atom. The molecule has 7 heteroatoms. The van der Waals surface area contributed by atoms with Gasteiger partial charge in [-0.1, -0.05) is 32.9 Å². The van der Waals surface area contributed by atoms with Gasteiger partial charge >= 0.3 is 0 Å². The third kappa shape index (κ3) is 5.54. The molecule has 1 atom stereocenters. The summed E-state index contributed by atoms with van der Waals surface area (Å²) in [5, 5.41) is 20.2. The van der Waals surface area contributed by atoms with Crippen molar-refractivity contribution in [3.05, 3.63) is 65.2 Å². The van der Waals surface area contributed by atoms with Gasteiger partial charge in [-0.15, -0.1) is 0 Å². The summed E-state index contributed by atoms with van der Waals surface area (Å²) in [5.74, 6) is -0.0271. The van der Waals surface area contributed by atoms with Crippen molar-refractivity contribution in [3.8, 4) is 11.5 Å². The SMILES string of the molecule is CCCN1C(=O)C(=O)/C(=C(\O)c2ccc(OCC(C)C)cc2)C1c1cccc(OCCO)c1. The summed E-state index contributed by atoms with van der Waals surface area (Å²) < 4.78 is 11.2. The molecule has 33 heavy (non-hydrogen) atoms. The third-order valence-electron chi connectivity index (χ3n) is 5.25. The number of hydrogen-bond donors (Lipinski definition) is 2. The van der Waals surface area contributed by atoms with Crippen molar-refractivity contribution in [3.63, 3.8) is 0 Å². The van der Waals surface area contributed by atoms with Crippen LogP contribution in [-0.4, -0.2) is 53.2 Å². The van der Waals surface area contributed by atoms with E-state index in [0.29, 0.717) is 48.1 Å². The highest BCUT2D eigenvalue weighted by Gasteiger charge is 2.45. The first-order valence-corrected chi connectivity index (χ1v) is 11.2. The maximum Gasteiger partial charge on any atom is 0.295 e. The molecular weight excluding hydrogens is 422 g/mol. The molecule has 0 bridgehead atoms. The molecule has 7 nitrogen and oxygen atoms in total. The lowest BCUT2D eigenvalue weighted by Crippen LogP contribution is -2.30. The Morgan fingerprint density at radius 1 is 1.06 bits per heavy atom. The molecule has 2 aromatic carbocycles. The first kappa shape index (κ1) is 24.3. The largest absolute Gasteiger partial charge is 0.507 e. The van der Waals surface area contributed by atoms with Crippen molar-refractivity contribution in [1.82, 2.24) is 4.90 Å². The van der Waals surface area contributed by atoms with Gasteiger partial charge in [-0.2, -0.15) is 0 Å². The number of likely N-dealkylation sites (tertiary alicyclic amines) is 1. The highest BCUT2D eigenvalue weighted by atomic mass is 16.5. The molecule has 1 aliphatic rings. The van der Waals surface area contributed by atoms with Crippen molar-refractivity contribution in [1.29, 1.82) is 0 Å². The number of carbonyl (C=O) groups is 2. The van der Waals surface area contributed by atoms with Crippen LogP contribution in [0, 0.1) is 5.92 Å². The second-order valence-corrected chi connectivity index (χ2v) is 8.37. The maximum atomic E-state index is 13.0. The van der Waals surface area contributed by atoms with Crippen molar-refractivity contribution < 1.29 is 29.3 Å². The van der Waals surface area contributed by atoms with E-state index in [2.05, 4.69) is 13.8 Å². The van der Waals surface area contributed by atoms with Gasteiger partial charge in [0.2, 0.25) is 0 Å². The molecule has 1 heterocycles. The highest BCUT2D eigenvalue weighted by molar-refractivity contribution is 6.46. The number of aliphatic hydroxyl groups is 2. The Labute approximate surface area is 194 Å². The molecular formula is C26H31NO6. The molecule has 1 fully saturated rings. The molecule has 1 aliphatic heterocycles. The average Bonchev–Trinajstić information content (AvgIpc) is 3.06. The van der Waals surface area contributed by atoms with Crippen LogP contribution in [0.5, 0.6) is 11.5 Å². The minimum absolute atomic E-state index is 0.0450. The van der Waals surface area contributed by atoms with Crippen LogP contribution in [-0.2, 0) is 9.59 Å². The average molecular weight is 454 g/mol. The van der Waals surface area contributed by atoms with Crippen LogP contribution in [0.2, 0.25) is 0 Å². The van der Waals surface area contributed by atoms with Crippen LogP contribution in [0.25, 0.3) is 5.76 Å². The number of ether oxygens (including phenoxy) is 2. The summed E-state index contributed by atoms with van der Waals surface area (Å²) in [4.78, 5) is 27.3. The van der Waals surface area contributed by atoms with E-state index in [9.17, 15) is 14.7 Å². The summed E-state index contributed by atoms with van der Waals surface area (Å²) >= 11 is 0. The van der Waals surface area contributed by atoms with E-state index in [1.54, 1.807) is 48.5 Å². The first-order chi connectivity index (χ1) is 15.9. The number of Topliss-reactive ketones (excluding diaryl/α,β-unsaturated/α-hetero) is 1. The van der Waals surface area contributed by atoms with E-state index >= 15 is 0 Å². The lowest BCUT2D eigenvalue weighted by molar-refractivity contribution is -0.139. The molecule has 1 unspecified atom stereocenters. The van der Waals surface area contributed by atoms with Gasteiger partial charge in [-0.05, 0) is 54.3 Å². The number of benzene rings is 2. The Bertz CT molecular complexity index is 1010. The number of nitrogens with zero attached hydrogens (tertiary/aromatic N) is 1. The number of carbonyl (C=O) groups excluding carboxylic acids is 2. The molecule has 0 aliphatic carbocycles. The fourth-order valence-corrected chi connectivity index (χ4v) is 3.76. The summed E-state index contributed by atoms with van der Waals surface area (Å²) in [7, 11) is 0. The van der Waals surface area contributed by atoms with E-state index in [-0.39, 0.29) is 24.5 Å². The molecule has 2 N–H and O–H groups in total. The minimum Gasteiger partial charge on any atom is -0.507 e. The van der Waals surface area contributed by atoms with Crippen LogP contribution in [0.15, 0.2) is 54.1 Å². The standard InChI is InChI=1S/C26H31NO6/c1-4-12-27-23(19-6-5-7-21(15-19)32-14-13-28)22(25(30)26(27)31)24(29)18-8-10-20(11-9-18)33-16-17(2)3/h5-11,15,17,23,28-29H,4,12-14,16H2,1-3H3/b24-22-. The van der Waals surface area contributed by atoms with Gasteiger partial charge in [0.1, 0.15) is 23.9 Å². The number of ketones is 1. The van der Waals surface area contributed by atoms with Crippen LogP contribution >= 0.6 is 0 Å². The number of amides is 1. The lowest BCUT2D eigenvalue weighted by Gasteiger charge is -2.25. The van der Waals surface area contributed by atoms with Crippen LogP contribution < -0.4 is 9.47 Å². The van der Waals surface area contributed by atoms with Crippen LogP contribution in [0.1, 0.15) is 44.4 Å². The Morgan fingerprint density at radius 3 is 2.42 bits per heavy atom. The Hall–Kier alpha value is -3.32. The van der Waals surface area contributed by atoms with E-state index in [1.165, 1.54) is 4.90 Å². The van der Waals surface area contributed by atoms with Gasteiger partial charge in [-0.3, -0.25) is 9.59 Å². The predicted molar refractivity (Wildman–Crippen MR) is 125 cm³/mol. The topological polar surface area (TPSA) is 96.3 Å². The fourth-order valence-electron chi connectivity index (χ4n) is 3.76. The van der Waals surface area contributed by atoms with Gasteiger partial charge in [0, 0.05) is 12.1 Å². The normalized spacial score (nSPS) is 17.6. The zero-order valence-electron chi connectivity index (χ0n) is 19.3. The number of aliphatic hydroxyl groups excluding tert-OH is 2. The van der Waals surface area contributed by atoms with E-state index in [1.807, 2.05) is 6.92 Å². The lowest BCUT2D eigenvalue weighted by atomic mass is 9.95. The number of hydrogen-bond acceptors (Lipinski definition) is 6. The minimum atomic E-state index is -0.737. The third-order valence-corrected chi connectivity index (χ3v) is 5.25. The highest BCUT2D eigenvalue weighted by Crippen LogP contribution is 2.40. The van der Waals surface area contributed by atoms with Crippen molar-refractivity contribution in [2.24, 2.45) is 5.92 Å². The molecule has 0 radical (unpaired) electrons. The van der Waals surface area contributed by atoms with Crippen molar-refractivity contribution in [2.45, 2.75) is 33.2 Å². The van der Waals surface area contributed by atoms with Crippen molar-refractivity contribution >= 4 is 17.4 Å². The second-order valence-electron chi connectivity index (χ2n) is 8.37. The summed E-state index contributed by atoms with van der Waals surface area (Å²) in [5.41, 5.74) is 1.12. The van der Waals surface area contributed by atoms with Crippen molar-refractivity contribution in [2.75, 3.05) is 26.4 Å². The van der Waals surface area contributed by atoms with Gasteiger partial charge in [0.05, 0.1) is 24.8 Å². The van der Waals surface area contributed by atoms with Crippen LogP contribution in [0.3, 0.4) is 0 Å². The molecule has 2 aromatic rings. The fraction of sp³-hybridized carbons (Fsp3) is 0.385. The smallest absolute Gasteiger partial charge is 0.295 e. The zero-order valence-corrected chi connectivity index (χ0v) is 19.3. The molecule has 1 saturated heterocycles. The van der Waals surface area contributed by atoms with Gasteiger partial charge in [0.15, 0.2) is 0 Å². The predicted octanol–water partition coefficient (Wildman–Crippen LogP) is 3.92. The van der Waals surface area contributed by atoms with Gasteiger partial charge < -0.3 is 24.6 Å². The zero-order chi connectivity index (χ0) is 24.0. The molecule has 0 aromatic heterocycles. The first-order valence-electron chi connectivity index (χ1n) is 11.2. The van der Waals surface area contributed by atoms with E-state index < -0.39 is 17.7 Å². The molecule has 176 valence electrons. The summed E-state index contributed by atoms with van der Waals surface area (Å²) in [6, 6.07) is 13.1. The molecule has 0 spiro atoms. The summed E-state index contributed by atoms with van der Waals surface area (Å²) in [6.45, 7) is 6.98. The Balaban J connectivity index is 2.02. The quantitative estimate of drug-likeness (QED) is 0.322. The molecule has 3 rings (SSSR count). The number of rotatable bonds is 10. The van der Waals surface area contributed by atoms with E-state index in [0.717, 1.165) is 0 Å². The maximum absolute atomic E-state index is 13.0. The monoisotopic (exact) mass is 453 g/mol. The van der Waals surface area contributed by atoms with Gasteiger partial charge in [0.25, 0.3) is 11.7 Å². The summed E-state index contributed by atoms with van der Waals surface area (Å²) in [6.07, 6.45) is 0.659. The van der Waals surface area contributed by atoms with Gasteiger partial charge in [-0.25, -0.2) is 0 Å². The Kier molecular flexibility index (Phi) is 8.11. The van der Waals surface area contributed by atoms with E-state index in [4.69, 9.17) is 14.6 Å². The molecule has 0 saturated carbocycles.